The molecule has 6 rings (SSSR count). The highest BCUT2D eigenvalue weighted by Gasteiger charge is 2.57. The first kappa shape index (κ1) is 23.5. The summed E-state index contributed by atoms with van der Waals surface area (Å²) in [5.41, 5.74) is -0.541. The predicted molar refractivity (Wildman–Crippen MR) is 121 cm³/mol. The van der Waals surface area contributed by atoms with Gasteiger partial charge in [-0.05, 0) is 76.7 Å². The van der Waals surface area contributed by atoms with Gasteiger partial charge in [0.15, 0.2) is 12.1 Å². The third kappa shape index (κ3) is 3.58. The second-order valence-corrected chi connectivity index (χ2v) is 11.4. The van der Waals surface area contributed by atoms with Gasteiger partial charge in [-0.2, -0.15) is 18.3 Å². The summed E-state index contributed by atoms with van der Waals surface area (Å²) in [4.78, 5) is 4.04. The summed E-state index contributed by atoms with van der Waals surface area (Å²) in [7, 11) is 0. The summed E-state index contributed by atoms with van der Waals surface area (Å²) in [6, 6.07) is 1.72. The van der Waals surface area contributed by atoms with Crippen LogP contribution in [0.3, 0.4) is 0 Å². The molecule has 2 saturated carbocycles. The molecular formula is C25H33F3N4O3. The third-order valence-corrected chi connectivity index (χ3v) is 8.94. The van der Waals surface area contributed by atoms with Gasteiger partial charge in [-0.3, -0.25) is 4.68 Å². The van der Waals surface area contributed by atoms with E-state index in [4.69, 9.17) is 14.6 Å². The van der Waals surface area contributed by atoms with E-state index in [1.165, 1.54) is 10.8 Å². The Hall–Kier alpha value is -1.91. The number of ether oxygens (including phenoxy) is 2. The molecule has 2 aliphatic carbocycles. The molecule has 4 aliphatic rings. The largest absolute Gasteiger partial charge is 0.424 e. The number of hydrogen-bond acceptors (Lipinski definition) is 5. The van der Waals surface area contributed by atoms with E-state index in [1.54, 1.807) is 0 Å². The van der Waals surface area contributed by atoms with Gasteiger partial charge < -0.3 is 19.1 Å². The first-order chi connectivity index (χ1) is 16.5. The van der Waals surface area contributed by atoms with Crippen LogP contribution in [0, 0.1) is 5.41 Å². The molecule has 1 saturated heterocycles. The van der Waals surface area contributed by atoms with Gasteiger partial charge >= 0.3 is 6.18 Å². The van der Waals surface area contributed by atoms with E-state index >= 15 is 0 Å². The molecule has 3 atom stereocenters. The van der Waals surface area contributed by atoms with E-state index in [9.17, 15) is 18.3 Å². The standard InChI is InChI=1S/C25H33F3N4O3/c1-16-13-31-17(18-12-29-21(32(16)18)22(2,33)25(26,27)28)11-19(30-31)24-8-6-23(14-24,7-9-24)15-35-20-5-3-4-10-34-20/h11-12,16,20,33H,3-10,13-15H2,1-2H3/t16-,20?,22+,23?,24?/m0/s1. The summed E-state index contributed by atoms with van der Waals surface area (Å²) in [5, 5.41) is 15.3. The number of alkyl halides is 3. The summed E-state index contributed by atoms with van der Waals surface area (Å²) in [6.07, 6.45) is 5.04. The number of hydrogen-bond donors (Lipinski definition) is 1. The number of imidazole rings is 1. The second-order valence-electron chi connectivity index (χ2n) is 11.4. The van der Waals surface area contributed by atoms with E-state index in [-0.39, 0.29) is 29.0 Å². The van der Waals surface area contributed by atoms with Gasteiger partial charge in [-0.15, -0.1) is 0 Å². The van der Waals surface area contributed by atoms with Crippen LogP contribution in [0.2, 0.25) is 0 Å². The van der Waals surface area contributed by atoms with Crippen LogP contribution in [-0.2, 0) is 27.0 Å². The van der Waals surface area contributed by atoms with Gasteiger partial charge in [0.25, 0.3) is 0 Å². The molecule has 0 spiro atoms. The van der Waals surface area contributed by atoms with E-state index in [2.05, 4.69) is 4.98 Å². The van der Waals surface area contributed by atoms with Crippen molar-refractivity contribution in [3.8, 4) is 11.4 Å². The molecule has 1 N–H and O–H groups in total. The molecule has 3 fully saturated rings. The molecule has 35 heavy (non-hydrogen) atoms. The summed E-state index contributed by atoms with van der Waals surface area (Å²) >= 11 is 0. The van der Waals surface area contributed by atoms with Crippen LogP contribution >= 0.6 is 0 Å². The first-order valence-corrected chi connectivity index (χ1v) is 12.7. The van der Waals surface area contributed by atoms with Crippen LogP contribution in [0.4, 0.5) is 13.2 Å². The van der Waals surface area contributed by atoms with Crippen LogP contribution in [0.15, 0.2) is 12.3 Å². The molecule has 0 amide bonds. The average molecular weight is 495 g/mol. The lowest BCUT2D eigenvalue weighted by atomic mass is 9.80. The van der Waals surface area contributed by atoms with Crippen molar-refractivity contribution in [2.75, 3.05) is 13.2 Å². The predicted octanol–water partition coefficient (Wildman–Crippen LogP) is 4.84. The highest BCUT2D eigenvalue weighted by Crippen LogP contribution is 2.62. The normalized spacial score (nSPS) is 34.0. The molecule has 192 valence electrons. The fourth-order valence-corrected chi connectivity index (χ4v) is 6.82. The first-order valence-electron chi connectivity index (χ1n) is 12.7. The number of aliphatic hydroxyl groups is 1. The van der Waals surface area contributed by atoms with E-state index in [0.717, 1.165) is 76.3 Å². The van der Waals surface area contributed by atoms with Crippen LogP contribution in [0.5, 0.6) is 0 Å². The minimum absolute atomic E-state index is 0.0183. The lowest BCUT2D eigenvalue weighted by molar-refractivity contribution is -0.262. The van der Waals surface area contributed by atoms with Gasteiger partial charge in [0, 0.05) is 12.0 Å². The van der Waals surface area contributed by atoms with Crippen molar-refractivity contribution >= 4 is 0 Å². The molecule has 2 aromatic heterocycles. The van der Waals surface area contributed by atoms with Crippen molar-refractivity contribution in [3.05, 3.63) is 23.8 Å². The van der Waals surface area contributed by atoms with Gasteiger partial charge in [0.05, 0.1) is 42.5 Å². The minimum Gasteiger partial charge on any atom is -0.374 e. The molecule has 0 aromatic carbocycles. The van der Waals surface area contributed by atoms with Gasteiger partial charge in [0.1, 0.15) is 0 Å². The zero-order chi connectivity index (χ0) is 24.6. The van der Waals surface area contributed by atoms with E-state index in [1.807, 2.05) is 17.7 Å². The Kier molecular flexibility index (Phi) is 5.23. The Balaban J connectivity index is 1.26. The average Bonchev–Trinajstić information content (AvgIpc) is 3.58. The number of nitrogens with zero attached hydrogens (tertiary/aromatic N) is 4. The molecule has 10 heteroatoms. The van der Waals surface area contributed by atoms with Crippen molar-refractivity contribution in [1.29, 1.82) is 0 Å². The smallest absolute Gasteiger partial charge is 0.374 e. The Labute approximate surface area is 202 Å². The number of aromatic nitrogens is 4. The van der Waals surface area contributed by atoms with Gasteiger partial charge in [0.2, 0.25) is 5.60 Å². The zero-order valence-corrected chi connectivity index (χ0v) is 20.3. The van der Waals surface area contributed by atoms with E-state index < -0.39 is 11.8 Å². The molecule has 0 radical (unpaired) electrons. The Morgan fingerprint density at radius 1 is 1.20 bits per heavy atom. The number of fused-ring (bicyclic) bond motifs is 5. The summed E-state index contributed by atoms with van der Waals surface area (Å²) in [5.74, 6) is -0.373. The third-order valence-electron chi connectivity index (χ3n) is 8.94. The summed E-state index contributed by atoms with van der Waals surface area (Å²) < 4.78 is 56.1. The number of rotatable bonds is 5. The quantitative estimate of drug-likeness (QED) is 0.644. The van der Waals surface area contributed by atoms with Crippen LogP contribution < -0.4 is 0 Å². The lowest BCUT2D eigenvalue weighted by Crippen LogP contribution is -2.42. The van der Waals surface area contributed by atoms with Gasteiger partial charge in [-0.25, -0.2) is 4.98 Å². The maximum atomic E-state index is 13.6. The van der Waals surface area contributed by atoms with Crippen molar-refractivity contribution in [2.24, 2.45) is 5.41 Å². The lowest BCUT2D eigenvalue weighted by Gasteiger charge is -2.31. The van der Waals surface area contributed by atoms with Gasteiger partial charge in [-0.1, -0.05) is 0 Å². The minimum atomic E-state index is -4.82. The molecule has 2 aliphatic heterocycles. The molecule has 4 heterocycles. The monoisotopic (exact) mass is 494 g/mol. The van der Waals surface area contributed by atoms with Crippen LogP contribution in [0.25, 0.3) is 11.4 Å². The Bertz CT molecular complexity index is 1110. The topological polar surface area (TPSA) is 74.3 Å². The molecule has 1 unspecified atom stereocenters. The maximum absolute atomic E-state index is 13.6. The van der Waals surface area contributed by atoms with Crippen molar-refractivity contribution in [3.63, 3.8) is 0 Å². The maximum Gasteiger partial charge on any atom is 0.424 e. The van der Waals surface area contributed by atoms with Crippen molar-refractivity contribution in [1.82, 2.24) is 19.3 Å². The summed E-state index contributed by atoms with van der Waals surface area (Å²) in [6.45, 7) is 4.53. The number of halogens is 3. The van der Waals surface area contributed by atoms with E-state index in [0.29, 0.717) is 18.8 Å². The highest BCUT2D eigenvalue weighted by atomic mass is 19.4. The fourth-order valence-electron chi connectivity index (χ4n) is 6.82. The highest BCUT2D eigenvalue weighted by molar-refractivity contribution is 5.58. The molecular weight excluding hydrogens is 461 g/mol. The zero-order valence-electron chi connectivity index (χ0n) is 20.3. The fraction of sp³-hybridized carbons (Fsp3) is 0.760. The van der Waals surface area contributed by atoms with Crippen LogP contribution in [0.1, 0.15) is 82.8 Å². The van der Waals surface area contributed by atoms with Crippen molar-refractivity contribution < 1.29 is 27.8 Å². The Morgan fingerprint density at radius 3 is 2.66 bits per heavy atom. The van der Waals surface area contributed by atoms with Crippen LogP contribution in [-0.4, -0.2) is 50.1 Å². The van der Waals surface area contributed by atoms with Crippen molar-refractivity contribution in [2.45, 2.75) is 101 Å². The molecule has 7 nitrogen and oxygen atoms in total. The second kappa shape index (κ2) is 7.79. The molecule has 2 bridgehead atoms. The Morgan fingerprint density at radius 2 is 1.97 bits per heavy atom. The SMILES string of the molecule is C[C@H]1Cn2nc(C34CCC(COC5CCCCO5)(CC3)C4)cc2-c2cnc([C@@](C)(O)C(F)(F)F)n21. The molecule has 2 aromatic rings.